The summed E-state index contributed by atoms with van der Waals surface area (Å²) >= 11 is 0. The molecule has 7 heteroatoms. The molecule has 2 heterocycles. The monoisotopic (exact) mass is 353 g/mol. The van der Waals surface area contributed by atoms with Crippen molar-refractivity contribution in [2.75, 3.05) is 13.7 Å². The largest absolute Gasteiger partial charge is 0.497 e. The Hall–Kier alpha value is -2.96. The molecule has 0 aliphatic carbocycles. The highest BCUT2D eigenvalue weighted by Crippen LogP contribution is 2.16. The maximum absolute atomic E-state index is 12.4. The quantitative estimate of drug-likeness (QED) is 0.660. The van der Waals surface area contributed by atoms with Gasteiger partial charge in [0.15, 0.2) is 0 Å². The Morgan fingerprint density at radius 2 is 2.04 bits per heavy atom. The van der Waals surface area contributed by atoms with Crippen LogP contribution in [0.25, 0.3) is 5.78 Å². The molecule has 0 aliphatic rings. The summed E-state index contributed by atoms with van der Waals surface area (Å²) in [5, 5.41) is 7.10. The SMILES string of the molecule is COc1ccc(CCCNC(=O)c2cc(C(C)C)n3ncnc3n2)cc1. The number of methoxy groups -OCH3 is 1. The Labute approximate surface area is 152 Å². The summed E-state index contributed by atoms with van der Waals surface area (Å²) < 4.78 is 6.82. The van der Waals surface area contributed by atoms with Crippen LogP contribution in [0.2, 0.25) is 0 Å². The Morgan fingerprint density at radius 3 is 2.73 bits per heavy atom. The van der Waals surface area contributed by atoms with Gasteiger partial charge in [-0.2, -0.15) is 10.1 Å². The van der Waals surface area contributed by atoms with Crippen molar-refractivity contribution < 1.29 is 9.53 Å². The summed E-state index contributed by atoms with van der Waals surface area (Å²) in [7, 11) is 1.65. The van der Waals surface area contributed by atoms with Crippen LogP contribution in [-0.2, 0) is 6.42 Å². The molecule has 0 aliphatic heterocycles. The molecular weight excluding hydrogens is 330 g/mol. The summed E-state index contributed by atoms with van der Waals surface area (Å²) in [6.07, 6.45) is 3.19. The van der Waals surface area contributed by atoms with E-state index in [0.717, 1.165) is 24.3 Å². The van der Waals surface area contributed by atoms with Crippen LogP contribution in [0.4, 0.5) is 0 Å². The average molecular weight is 353 g/mol. The van der Waals surface area contributed by atoms with E-state index in [0.29, 0.717) is 18.0 Å². The molecule has 0 fully saturated rings. The van der Waals surface area contributed by atoms with Crippen molar-refractivity contribution in [3.63, 3.8) is 0 Å². The highest BCUT2D eigenvalue weighted by atomic mass is 16.5. The van der Waals surface area contributed by atoms with Gasteiger partial charge in [-0.15, -0.1) is 0 Å². The van der Waals surface area contributed by atoms with Crippen molar-refractivity contribution in [2.24, 2.45) is 0 Å². The van der Waals surface area contributed by atoms with Crippen molar-refractivity contribution in [3.05, 3.63) is 53.6 Å². The molecule has 26 heavy (non-hydrogen) atoms. The number of carbonyl (C=O) groups is 1. The molecule has 0 saturated heterocycles. The zero-order valence-corrected chi connectivity index (χ0v) is 15.3. The first-order chi connectivity index (χ1) is 12.6. The van der Waals surface area contributed by atoms with E-state index >= 15 is 0 Å². The molecule has 0 atom stereocenters. The van der Waals surface area contributed by atoms with Crippen LogP contribution in [0.1, 0.15) is 47.9 Å². The number of nitrogens with zero attached hydrogens (tertiary/aromatic N) is 4. The van der Waals surface area contributed by atoms with E-state index in [2.05, 4.69) is 20.4 Å². The molecule has 3 rings (SSSR count). The molecule has 2 aromatic heterocycles. The smallest absolute Gasteiger partial charge is 0.270 e. The summed E-state index contributed by atoms with van der Waals surface area (Å²) in [5.74, 6) is 1.31. The lowest BCUT2D eigenvalue weighted by molar-refractivity contribution is 0.0948. The molecule has 0 saturated carbocycles. The van der Waals surface area contributed by atoms with E-state index in [1.807, 2.05) is 38.1 Å². The molecule has 7 nitrogen and oxygen atoms in total. The summed E-state index contributed by atoms with van der Waals surface area (Å²) in [5.41, 5.74) is 2.50. The van der Waals surface area contributed by atoms with Gasteiger partial charge in [0.05, 0.1) is 12.8 Å². The van der Waals surface area contributed by atoms with E-state index in [1.54, 1.807) is 17.7 Å². The van der Waals surface area contributed by atoms with E-state index in [9.17, 15) is 4.79 Å². The van der Waals surface area contributed by atoms with Gasteiger partial charge in [0.1, 0.15) is 17.8 Å². The normalized spacial score (nSPS) is 11.1. The van der Waals surface area contributed by atoms with Crippen LogP contribution < -0.4 is 10.1 Å². The number of hydrogen-bond acceptors (Lipinski definition) is 5. The second-order valence-electron chi connectivity index (χ2n) is 6.40. The molecule has 1 aromatic carbocycles. The van der Waals surface area contributed by atoms with Crippen LogP contribution in [0.5, 0.6) is 5.75 Å². The number of nitrogens with one attached hydrogen (secondary N) is 1. The third-order valence-corrected chi connectivity index (χ3v) is 4.19. The van der Waals surface area contributed by atoms with Gasteiger partial charge < -0.3 is 10.1 Å². The van der Waals surface area contributed by atoms with Gasteiger partial charge in [0, 0.05) is 6.54 Å². The number of fused-ring (bicyclic) bond motifs is 1. The van der Waals surface area contributed by atoms with Crippen molar-refractivity contribution in [3.8, 4) is 5.75 Å². The Bertz CT molecular complexity index is 887. The molecule has 0 unspecified atom stereocenters. The van der Waals surface area contributed by atoms with Gasteiger partial charge in [-0.25, -0.2) is 9.50 Å². The van der Waals surface area contributed by atoms with Crippen LogP contribution in [0.15, 0.2) is 36.7 Å². The fourth-order valence-electron chi connectivity index (χ4n) is 2.74. The van der Waals surface area contributed by atoms with Crippen molar-refractivity contribution in [1.82, 2.24) is 24.9 Å². The van der Waals surface area contributed by atoms with Crippen molar-refractivity contribution >= 4 is 11.7 Å². The van der Waals surface area contributed by atoms with E-state index < -0.39 is 0 Å². The Morgan fingerprint density at radius 1 is 1.27 bits per heavy atom. The number of hydrogen-bond donors (Lipinski definition) is 1. The molecule has 1 amide bonds. The van der Waals surface area contributed by atoms with Gasteiger partial charge in [0.25, 0.3) is 11.7 Å². The van der Waals surface area contributed by atoms with Gasteiger partial charge in [-0.1, -0.05) is 26.0 Å². The molecular formula is C19H23N5O2. The van der Waals surface area contributed by atoms with Gasteiger partial charge in [-0.05, 0) is 42.5 Å². The lowest BCUT2D eigenvalue weighted by Crippen LogP contribution is -2.26. The number of aromatic nitrogens is 4. The van der Waals surface area contributed by atoms with Crippen LogP contribution in [0, 0.1) is 0 Å². The van der Waals surface area contributed by atoms with Crippen molar-refractivity contribution in [1.29, 1.82) is 0 Å². The highest BCUT2D eigenvalue weighted by molar-refractivity contribution is 5.92. The predicted octanol–water partition coefficient (Wildman–Crippen LogP) is 2.62. The van der Waals surface area contributed by atoms with E-state index in [-0.39, 0.29) is 11.8 Å². The summed E-state index contributed by atoms with van der Waals surface area (Å²) in [4.78, 5) is 20.8. The first-order valence-electron chi connectivity index (χ1n) is 8.70. The fourth-order valence-corrected chi connectivity index (χ4v) is 2.74. The lowest BCUT2D eigenvalue weighted by atomic mass is 10.1. The lowest BCUT2D eigenvalue weighted by Gasteiger charge is -2.10. The molecule has 0 spiro atoms. The number of rotatable bonds is 7. The second kappa shape index (κ2) is 7.95. The standard InChI is InChI=1S/C19H23N5O2/c1-13(2)17-11-16(23-19-21-12-22-24(17)19)18(25)20-10-4-5-14-6-8-15(26-3)9-7-14/h6-9,11-13H,4-5,10H2,1-3H3,(H,20,25). The van der Waals surface area contributed by atoms with Crippen molar-refractivity contribution in [2.45, 2.75) is 32.6 Å². The molecule has 1 N–H and O–H groups in total. The summed E-state index contributed by atoms with van der Waals surface area (Å²) in [6.45, 7) is 4.68. The number of amides is 1. The van der Waals surface area contributed by atoms with Gasteiger partial charge >= 0.3 is 0 Å². The zero-order valence-electron chi connectivity index (χ0n) is 15.3. The second-order valence-corrected chi connectivity index (χ2v) is 6.40. The molecule has 3 aromatic rings. The maximum Gasteiger partial charge on any atom is 0.270 e. The third-order valence-electron chi connectivity index (χ3n) is 4.19. The van der Waals surface area contributed by atoms with Crippen LogP contribution in [0.3, 0.4) is 0 Å². The third kappa shape index (κ3) is 3.99. The minimum absolute atomic E-state index is 0.188. The minimum atomic E-state index is -0.188. The van der Waals surface area contributed by atoms with E-state index in [4.69, 9.17) is 4.74 Å². The number of aryl methyl sites for hydroxylation is 1. The number of ether oxygens (including phenoxy) is 1. The Kier molecular flexibility index (Phi) is 5.46. The van der Waals surface area contributed by atoms with Crippen LogP contribution in [-0.4, -0.2) is 39.1 Å². The molecule has 0 bridgehead atoms. The molecule has 0 radical (unpaired) electrons. The highest BCUT2D eigenvalue weighted by Gasteiger charge is 2.15. The predicted molar refractivity (Wildman–Crippen MR) is 98.5 cm³/mol. The number of carbonyl (C=O) groups excluding carboxylic acids is 1. The van der Waals surface area contributed by atoms with Gasteiger partial charge in [0.2, 0.25) is 0 Å². The molecule has 136 valence electrons. The fraction of sp³-hybridized carbons (Fsp3) is 0.368. The number of benzene rings is 1. The zero-order chi connectivity index (χ0) is 18.5. The first-order valence-corrected chi connectivity index (χ1v) is 8.70. The minimum Gasteiger partial charge on any atom is -0.497 e. The Balaban J connectivity index is 1.58. The van der Waals surface area contributed by atoms with Crippen LogP contribution >= 0.6 is 0 Å². The average Bonchev–Trinajstić information content (AvgIpc) is 3.13. The first kappa shape index (κ1) is 17.8. The topological polar surface area (TPSA) is 81.4 Å². The van der Waals surface area contributed by atoms with E-state index in [1.165, 1.54) is 11.9 Å². The maximum atomic E-state index is 12.4. The van der Waals surface area contributed by atoms with Gasteiger partial charge in [-0.3, -0.25) is 4.79 Å². The summed E-state index contributed by atoms with van der Waals surface area (Å²) in [6, 6.07) is 9.75.